The van der Waals surface area contributed by atoms with E-state index in [2.05, 4.69) is 10.4 Å². The van der Waals surface area contributed by atoms with Gasteiger partial charge in [-0.1, -0.05) is 12.1 Å². The largest absolute Gasteiger partial charge is 0.271 e. The van der Waals surface area contributed by atoms with E-state index in [1.54, 1.807) is 17.4 Å². The van der Waals surface area contributed by atoms with Crippen LogP contribution in [0.15, 0.2) is 29.6 Å². The lowest BCUT2D eigenvalue weighted by atomic mass is 10.0. The van der Waals surface area contributed by atoms with Crippen molar-refractivity contribution in [1.82, 2.24) is 10.4 Å². The summed E-state index contributed by atoms with van der Waals surface area (Å²) in [5, 5.41) is 2.99. The zero-order valence-corrected chi connectivity index (χ0v) is 10.3. The van der Waals surface area contributed by atoms with Crippen LogP contribution in [0.4, 0.5) is 4.39 Å². The molecule has 2 rings (SSSR count). The van der Waals surface area contributed by atoms with E-state index in [1.165, 1.54) is 12.1 Å². The first-order valence-electron chi connectivity index (χ1n) is 5.31. The predicted molar refractivity (Wildman–Crippen MR) is 67.0 cm³/mol. The third-order valence-corrected chi connectivity index (χ3v) is 3.49. The highest BCUT2D eigenvalue weighted by molar-refractivity contribution is 7.09. The smallest absolute Gasteiger partial charge is 0.123 e. The summed E-state index contributed by atoms with van der Waals surface area (Å²) in [7, 11) is 0. The number of aromatic nitrogens is 1. The van der Waals surface area contributed by atoms with Gasteiger partial charge in [-0.3, -0.25) is 11.3 Å². The summed E-state index contributed by atoms with van der Waals surface area (Å²) in [5.74, 6) is 5.26. The van der Waals surface area contributed by atoms with Crippen molar-refractivity contribution in [2.45, 2.75) is 19.4 Å². The Morgan fingerprint density at radius 2 is 2.35 bits per heavy atom. The van der Waals surface area contributed by atoms with Crippen molar-refractivity contribution >= 4 is 11.3 Å². The minimum atomic E-state index is -0.252. The Bertz CT molecular complexity index is 498. The normalized spacial score (nSPS) is 12.6. The van der Waals surface area contributed by atoms with Crippen LogP contribution in [0.3, 0.4) is 0 Å². The Morgan fingerprint density at radius 1 is 1.53 bits per heavy atom. The number of nitrogens with one attached hydrogen (secondary N) is 1. The zero-order valence-electron chi connectivity index (χ0n) is 9.48. The van der Waals surface area contributed by atoms with Gasteiger partial charge in [0.2, 0.25) is 0 Å². The molecule has 0 saturated heterocycles. The molecule has 0 spiro atoms. The maximum absolute atomic E-state index is 13.1. The summed E-state index contributed by atoms with van der Waals surface area (Å²) >= 11 is 1.59. The molecule has 0 aliphatic carbocycles. The molecule has 0 saturated carbocycles. The first-order valence-corrected chi connectivity index (χ1v) is 6.19. The Hall–Kier alpha value is -1.30. The molecule has 1 unspecified atom stereocenters. The van der Waals surface area contributed by atoms with Crippen LogP contribution in [0.25, 0.3) is 0 Å². The van der Waals surface area contributed by atoms with Crippen LogP contribution in [0, 0.1) is 12.7 Å². The van der Waals surface area contributed by atoms with E-state index in [0.717, 1.165) is 16.3 Å². The monoisotopic (exact) mass is 251 g/mol. The molecule has 90 valence electrons. The van der Waals surface area contributed by atoms with Crippen molar-refractivity contribution in [3.8, 4) is 0 Å². The number of hydrazine groups is 1. The van der Waals surface area contributed by atoms with Gasteiger partial charge in [0.05, 0.1) is 11.0 Å². The van der Waals surface area contributed by atoms with Crippen LogP contribution < -0.4 is 11.3 Å². The molecule has 17 heavy (non-hydrogen) atoms. The number of halogens is 1. The van der Waals surface area contributed by atoms with Gasteiger partial charge < -0.3 is 0 Å². The lowest BCUT2D eigenvalue weighted by molar-refractivity contribution is 0.543. The quantitative estimate of drug-likeness (QED) is 0.648. The van der Waals surface area contributed by atoms with Crippen LogP contribution in [0.2, 0.25) is 0 Å². The van der Waals surface area contributed by atoms with Crippen molar-refractivity contribution < 1.29 is 4.39 Å². The number of thiazole rings is 1. The van der Waals surface area contributed by atoms with Gasteiger partial charge in [-0.15, -0.1) is 11.3 Å². The highest BCUT2D eigenvalue weighted by Crippen LogP contribution is 2.20. The number of nitrogens with two attached hydrogens (primary N) is 1. The third kappa shape index (κ3) is 3.09. The molecule has 1 heterocycles. The molecule has 0 radical (unpaired) electrons. The number of rotatable bonds is 4. The minimum absolute atomic E-state index is 0.115. The van der Waals surface area contributed by atoms with E-state index in [4.69, 9.17) is 5.84 Å². The molecule has 2 aromatic rings. The van der Waals surface area contributed by atoms with Gasteiger partial charge in [-0.05, 0) is 24.6 Å². The highest BCUT2D eigenvalue weighted by atomic mass is 32.1. The molecule has 3 nitrogen and oxygen atoms in total. The second-order valence-electron chi connectivity index (χ2n) is 3.86. The van der Waals surface area contributed by atoms with E-state index in [9.17, 15) is 4.39 Å². The molecule has 0 fully saturated rings. The molecule has 5 heteroatoms. The van der Waals surface area contributed by atoms with Gasteiger partial charge in [0, 0.05) is 17.5 Å². The average molecular weight is 251 g/mol. The summed E-state index contributed by atoms with van der Waals surface area (Å²) < 4.78 is 13.1. The van der Waals surface area contributed by atoms with Crippen molar-refractivity contribution in [1.29, 1.82) is 0 Å². The fourth-order valence-electron chi connectivity index (χ4n) is 1.67. The van der Waals surface area contributed by atoms with E-state index in [-0.39, 0.29) is 11.9 Å². The van der Waals surface area contributed by atoms with Crippen LogP contribution in [-0.4, -0.2) is 4.98 Å². The summed E-state index contributed by atoms with van der Waals surface area (Å²) in [6.45, 7) is 1.95. The molecule has 0 aliphatic heterocycles. The maximum atomic E-state index is 13.1. The van der Waals surface area contributed by atoms with Crippen molar-refractivity contribution in [2.75, 3.05) is 0 Å². The molecule has 0 bridgehead atoms. The van der Waals surface area contributed by atoms with Crippen LogP contribution in [0.1, 0.15) is 22.3 Å². The molecular formula is C12H14FN3S. The fraction of sp³-hybridized carbons (Fsp3) is 0.250. The summed E-state index contributed by atoms with van der Waals surface area (Å²) in [5.41, 5.74) is 4.54. The predicted octanol–water partition coefficient (Wildman–Crippen LogP) is 2.34. The van der Waals surface area contributed by atoms with Gasteiger partial charge in [-0.25, -0.2) is 9.37 Å². The SMILES string of the molecule is Cc1csc(CC(NN)c2cccc(F)c2)n1. The Morgan fingerprint density at radius 3 is 2.94 bits per heavy atom. The number of benzene rings is 1. The number of hydrogen-bond donors (Lipinski definition) is 2. The molecule has 0 amide bonds. The summed E-state index contributed by atoms with van der Waals surface area (Å²) in [6, 6.07) is 6.34. The van der Waals surface area contributed by atoms with Crippen molar-refractivity contribution in [3.63, 3.8) is 0 Å². The summed E-state index contributed by atoms with van der Waals surface area (Å²) in [4.78, 5) is 4.38. The minimum Gasteiger partial charge on any atom is -0.271 e. The van der Waals surface area contributed by atoms with Crippen LogP contribution in [-0.2, 0) is 6.42 Å². The summed E-state index contributed by atoms with van der Waals surface area (Å²) in [6.07, 6.45) is 0.665. The topological polar surface area (TPSA) is 50.9 Å². The van der Waals surface area contributed by atoms with Crippen molar-refractivity contribution in [3.05, 3.63) is 51.7 Å². The van der Waals surface area contributed by atoms with Crippen LogP contribution in [0.5, 0.6) is 0 Å². The standard InChI is InChI=1S/C12H14FN3S/c1-8-7-17-12(15-8)6-11(16-14)9-3-2-4-10(13)5-9/h2-5,7,11,16H,6,14H2,1H3. The van der Waals surface area contributed by atoms with E-state index in [0.29, 0.717) is 6.42 Å². The molecular weight excluding hydrogens is 237 g/mol. The first-order chi connectivity index (χ1) is 8.19. The van der Waals surface area contributed by atoms with Gasteiger partial charge in [0.15, 0.2) is 0 Å². The molecule has 1 atom stereocenters. The van der Waals surface area contributed by atoms with E-state index >= 15 is 0 Å². The molecule has 1 aromatic carbocycles. The lowest BCUT2D eigenvalue weighted by Gasteiger charge is -2.14. The Labute approximate surface area is 103 Å². The van der Waals surface area contributed by atoms with E-state index < -0.39 is 0 Å². The van der Waals surface area contributed by atoms with E-state index in [1.807, 2.05) is 18.4 Å². The van der Waals surface area contributed by atoms with Gasteiger partial charge in [0.25, 0.3) is 0 Å². The third-order valence-electron chi connectivity index (χ3n) is 2.50. The second kappa shape index (κ2) is 5.35. The molecule has 1 aromatic heterocycles. The molecule has 0 aliphatic rings. The first kappa shape index (κ1) is 12.2. The zero-order chi connectivity index (χ0) is 12.3. The number of aryl methyl sites for hydroxylation is 1. The van der Waals surface area contributed by atoms with Gasteiger partial charge in [-0.2, -0.15) is 0 Å². The Kier molecular flexibility index (Phi) is 3.83. The average Bonchev–Trinajstić information content (AvgIpc) is 2.72. The highest BCUT2D eigenvalue weighted by Gasteiger charge is 2.13. The molecule has 3 N–H and O–H groups in total. The van der Waals surface area contributed by atoms with Crippen LogP contribution >= 0.6 is 11.3 Å². The fourth-order valence-corrected chi connectivity index (χ4v) is 2.49. The second-order valence-corrected chi connectivity index (χ2v) is 4.80. The Balaban J connectivity index is 2.16. The van der Waals surface area contributed by atoms with Crippen molar-refractivity contribution in [2.24, 2.45) is 5.84 Å². The maximum Gasteiger partial charge on any atom is 0.123 e. The van der Waals surface area contributed by atoms with Gasteiger partial charge >= 0.3 is 0 Å². The number of hydrogen-bond acceptors (Lipinski definition) is 4. The lowest BCUT2D eigenvalue weighted by Crippen LogP contribution is -2.29. The number of nitrogens with zero attached hydrogens (tertiary/aromatic N) is 1. The van der Waals surface area contributed by atoms with Gasteiger partial charge in [0.1, 0.15) is 5.82 Å².